The number of likely N-dealkylation sites (tertiary alicyclic amines) is 1. The van der Waals surface area contributed by atoms with E-state index >= 15 is 0 Å². The summed E-state index contributed by atoms with van der Waals surface area (Å²) in [5.41, 5.74) is -0.0815. The number of nitrogens with zero attached hydrogens (tertiary/aromatic N) is 1. The highest BCUT2D eigenvalue weighted by molar-refractivity contribution is 5.88. The molecular weight excluding hydrogens is 226 g/mol. The van der Waals surface area contributed by atoms with E-state index < -0.39 is 5.60 Å². The molecule has 3 nitrogen and oxygen atoms in total. The monoisotopic (exact) mass is 245 g/mol. The summed E-state index contributed by atoms with van der Waals surface area (Å²) < 4.78 is 0. The number of carbonyl (C=O) groups excluding carboxylic acids is 1. The van der Waals surface area contributed by atoms with Crippen LogP contribution in [0.15, 0.2) is 36.4 Å². The van der Waals surface area contributed by atoms with Crippen molar-refractivity contribution < 1.29 is 9.90 Å². The first-order chi connectivity index (χ1) is 8.49. The van der Waals surface area contributed by atoms with Crippen molar-refractivity contribution >= 4 is 11.9 Å². The number of ketones is 1. The lowest BCUT2D eigenvalue weighted by molar-refractivity contribution is -0.143. The Morgan fingerprint density at radius 3 is 2.72 bits per heavy atom. The summed E-state index contributed by atoms with van der Waals surface area (Å²) in [4.78, 5) is 13.8. The first kappa shape index (κ1) is 13.0. The van der Waals surface area contributed by atoms with Crippen LogP contribution in [0.5, 0.6) is 0 Å². The molecule has 2 atom stereocenters. The molecule has 0 bridgehead atoms. The minimum absolute atomic E-state index is 0.0675. The van der Waals surface area contributed by atoms with Gasteiger partial charge < -0.3 is 5.11 Å². The fraction of sp³-hybridized carbons (Fsp3) is 0.400. The summed E-state index contributed by atoms with van der Waals surface area (Å²) in [7, 11) is 1.93. The van der Waals surface area contributed by atoms with Gasteiger partial charge in [-0.25, -0.2) is 0 Å². The van der Waals surface area contributed by atoms with Crippen molar-refractivity contribution in [2.24, 2.45) is 0 Å². The molecule has 1 aromatic carbocycles. The first-order valence-corrected chi connectivity index (χ1v) is 6.18. The second-order valence-corrected chi connectivity index (χ2v) is 5.15. The van der Waals surface area contributed by atoms with Gasteiger partial charge in [0.1, 0.15) is 5.60 Å². The molecule has 0 aromatic heterocycles. The maximum atomic E-state index is 11.8. The summed E-state index contributed by atoms with van der Waals surface area (Å²) in [5, 5.41) is 9.90. The minimum Gasteiger partial charge on any atom is -0.381 e. The van der Waals surface area contributed by atoms with Gasteiger partial charge >= 0.3 is 0 Å². The molecular formula is C15H19NO2. The van der Waals surface area contributed by atoms with E-state index in [1.807, 2.05) is 54.4 Å². The number of piperidine rings is 1. The number of benzene rings is 1. The molecule has 0 radical (unpaired) electrons. The minimum atomic E-state index is -1.20. The van der Waals surface area contributed by atoms with Crippen LogP contribution in [0.1, 0.15) is 18.9 Å². The normalized spacial score (nSPS) is 29.9. The molecule has 0 aliphatic carbocycles. The van der Waals surface area contributed by atoms with Crippen LogP contribution < -0.4 is 0 Å². The van der Waals surface area contributed by atoms with E-state index in [-0.39, 0.29) is 11.8 Å². The quantitative estimate of drug-likeness (QED) is 0.862. The van der Waals surface area contributed by atoms with Crippen molar-refractivity contribution in [1.29, 1.82) is 0 Å². The van der Waals surface area contributed by atoms with Gasteiger partial charge in [-0.2, -0.15) is 0 Å². The second kappa shape index (κ2) is 5.04. The van der Waals surface area contributed by atoms with Crippen LogP contribution in [0.25, 0.3) is 6.08 Å². The van der Waals surface area contributed by atoms with Gasteiger partial charge in [-0.3, -0.25) is 9.69 Å². The molecule has 96 valence electrons. The number of rotatable bonds is 2. The molecule has 3 heteroatoms. The molecule has 1 N–H and O–H groups in total. The van der Waals surface area contributed by atoms with Crippen LogP contribution in [0, 0.1) is 0 Å². The Morgan fingerprint density at radius 2 is 2.06 bits per heavy atom. The zero-order chi connectivity index (χ0) is 13.2. The molecule has 1 aromatic rings. The van der Waals surface area contributed by atoms with Gasteiger partial charge in [0.2, 0.25) is 0 Å². The topological polar surface area (TPSA) is 40.5 Å². The lowest BCUT2D eigenvalue weighted by Crippen LogP contribution is -2.54. The van der Waals surface area contributed by atoms with Crippen LogP contribution in [0.2, 0.25) is 0 Å². The molecule has 0 saturated carbocycles. The van der Waals surface area contributed by atoms with E-state index in [0.29, 0.717) is 13.0 Å². The molecule has 1 aliphatic heterocycles. The van der Waals surface area contributed by atoms with E-state index in [4.69, 9.17) is 0 Å². The van der Waals surface area contributed by atoms with Gasteiger partial charge in [0.15, 0.2) is 5.78 Å². The predicted molar refractivity (Wildman–Crippen MR) is 72.1 cm³/mol. The van der Waals surface area contributed by atoms with E-state index in [0.717, 1.165) is 5.56 Å². The molecule has 0 unspecified atom stereocenters. The summed E-state index contributed by atoms with van der Waals surface area (Å²) in [6.45, 7) is 1.97. The SMILES string of the molecule is CN1C[C@](C)(O)C(=O)C[C@@H]1/C=C/c1ccccc1. The summed E-state index contributed by atoms with van der Waals surface area (Å²) >= 11 is 0. The second-order valence-electron chi connectivity index (χ2n) is 5.15. The van der Waals surface area contributed by atoms with Crippen molar-refractivity contribution in [1.82, 2.24) is 4.90 Å². The number of β-amino-alcohol motifs (C(OH)–C–C–N with tert-alkyl or cyclic N) is 1. The van der Waals surface area contributed by atoms with Gasteiger partial charge in [-0.05, 0) is 19.5 Å². The molecule has 1 aliphatic rings. The fourth-order valence-corrected chi connectivity index (χ4v) is 2.26. The van der Waals surface area contributed by atoms with Gasteiger partial charge in [-0.1, -0.05) is 42.5 Å². The van der Waals surface area contributed by atoms with Gasteiger partial charge in [0.05, 0.1) is 0 Å². The third-order valence-corrected chi connectivity index (χ3v) is 3.43. The Kier molecular flexibility index (Phi) is 3.64. The lowest BCUT2D eigenvalue weighted by atomic mass is 9.89. The number of carbonyl (C=O) groups is 1. The molecule has 0 amide bonds. The van der Waals surface area contributed by atoms with Gasteiger partial charge in [0.25, 0.3) is 0 Å². The number of hydrogen-bond acceptors (Lipinski definition) is 3. The first-order valence-electron chi connectivity index (χ1n) is 6.18. The van der Waals surface area contributed by atoms with Crippen molar-refractivity contribution in [2.75, 3.05) is 13.6 Å². The van der Waals surface area contributed by atoms with Crippen molar-refractivity contribution in [3.05, 3.63) is 42.0 Å². The number of aliphatic hydroxyl groups is 1. The van der Waals surface area contributed by atoms with Crippen LogP contribution in [0.3, 0.4) is 0 Å². The molecule has 1 heterocycles. The molecule has 1 saturated heterocycles. The third-order valence-electron chi connectivity index (χ3n) is 3.43. The van der Waals surface area contributed by atoms with Crippen molar-refractivity contribution in [2.45, 2.75) is 25.0 Å². The van der Waals surface area contributed by atoms with Crippen LogP contribution in [-0.2, 0) is 4.79 Å². The van der Waals surface area contributed by atoms with Crippen molar-refractivity contribution in [3.8, 4) is 0 Å². The average molecular weight is 245 g/mol. The molecule has 18 heavy (non-hydrogen) atoms. The maximum absolute atomic E-state index is 11.8. The Morgan fingerprint density at radius 1 is 1.39 bits per heavy atom. The average Bonchev–Trinajstić information content (AvgIpc) is 2.33. The Hall–Kier alpha value is -1.45. The highest BCUT2D eigenvalue weighted by Gasteiger charge is 2.38. The maximum Gasteiger partial charge on any atom is 0.167 e. The van der Waals surface area contributed by atoms with E-state index in [9.17, 15) is 9.90 Å². The predicted octanol–water partition coefficient (Wildman–Crippen LogP) is 1.72. The van der Waals surface area contributed by atoms with Crippen molar-refractivity contribution in [3.63, 3.8) is 0 Å². The van der Waals surface area contributed by atoms with Gasteiger partial charge in [-0.15, -0.1) is 0 Å². The highest BCUT2D eigenvalue weighted by atomic mass is 16.3. The zero-order valence-corrected chi connectivity index (χ0v) is 10.8. The van der Waals surface area contributed by atoms with E-state index in [2.05, 4.69) is 0 Å². The molecule has 2 rings (SSSR count). The Labute approximate surface area is 108 Å². The number of likely N-dealkylation sites (N-methyl/N-ethyl adjacent to an activating group) is 1. The number of hydrogen-bond donors (Lipinski definition) is 1. The van der Waals surface area contributed by atoms with E-state index in [1.54, 1.807) is 6.92 Å². The number of Topliss-reactive ketones (excluding diaryl/α,β-unsaturated/α-hetero) is 1. The standard InChI is InChI=1S/C15H19NO2/c1-15(18)11-16(2)13(10-14(15)17)9-8-12-6-4-3-5-7-12/h3-9,13,18H,10-11H2,1-2H3/b9-8+/t13-,15-/m0/s1. The lowest BCUT2D eigenvalue weighted by Gasteiger charge is -2.38. The van der Waals surface area contributed by atoms with Crippen LogP contribution in [-0.4, -0.2) is 41.0 Å². The largest absolute Gasteiger partial charge is 0.381 e. The fourth-order valence-electron chi connectivity index (χ4n) is 2.26. The van der Waals surface area contributed by atoms with E-state index in [1.165, 1.54) is 0 Å². The van der Waals surface area contributed by atoms with Gasteiger partial charge in [0, 0.05) is 19.0 Å². The Bertz CT molecular complexity index is 451. The van der Waals surface area contributed by atoms with Crippen LogP contribution >= 0.6 is 0 Å². The smallest absolute Gasteiger partial charge is 0.167 e. The summed E-state index contributed by atoms with van der Waals surface area (Å²) in [5.74, 6) is -0.0803. The highest BCUT2D eigenvalue weighted by Crippen LogP contribution is 2.22. The van der Waals surface area contributed by atoms with Crippen LogP contribution in [0.4, 0.5) is 0 Å². The summed E-state index contributed by atoms with van der Waals surface area (Å²) in [6, 6.07) is 10.1. The molecule has 0 spiro atoms. The zero-order valence-electron chi connectivity index (χ0n) is 10.8. The molecule has 1 fully saturated rings. The summed E-state index contributed by atoms with van der Waals surface area (Å²) in [6.07, 6.45) is 4.42. The third kappa shape index (κ3) is 2.86. The Balaban J connectivity index is 2.07.